The summed E-state index contributed by atoms with van der Waals surface area (Å²) in [4.78, 5) is 10.2. The Kier molecular flexibility index (Phi) is 5.58. The summed E-state index contributed by atoms with van der Waals surface area (Å²) in [5.41, 5.74) is 2.14. The minimum Gasteiger partial charge on any atom is -0.269 e. The number of aryl methyl sites for hydroxylation is 3. The van der Waals surface area contributed by atoms with Crippen LogP contribution in [0.3, 0.4) is 0 Å². The SMILES string of the molecule is Cc1cc(C)n(CC(C)CNS(=O)(=O)c2cc([N+](=O)[O-])ccc2C)n1. The van der Waals surface area contributed by atoms with E-state index in [9.17, 15) is 18.5 Å². The quantitative estimate of drug-likeness (QED) is 0.598. The average molecular weight is 366 g/mol. The first-order valence-corrected chi connectivity index (χ1v) is 9.34. The third-order valence-electron chi connectivity index (χ3n) is 3.88. The van der Waals surface area contributed by atoms with Gasteiger partial charge in [-0.1, -0.05) is 13.0 Å². The number of sulfonamides is 1. The molecule has 0 bridgehead atoms. The molecule has 9 heteroatoms. The first-order chi connectivity index (χ1) is 11.6. The van der Waals surface area contributed by atoms with Gasteiger partial charge in [-0.05, 0) is 38.3 Å². The van der Waals surface area contributed by atoms with Crippen LogP contribution < -0.4 is 4.72 Å². The second-order valence-corrected chi connectivity index (χ2v) is 8.01. The topological polar surface area (TPSA) is 107 Å². The highest BCUT2D eigenvalue weighted by Gasteiger charge is 2.21. The minimum atomic E-state index is -3.82. The fraction of sp³-hybridized carbons (Fsp3) is 0.438. The van der Waals surface area contributed by atoms with Crippen molar-refractivity contribution in [2.45, 2.75) is 39.1 Å². The summed E-state index contributed by atoms with van der Waals surface area (Å²) in [5, 5.41) is 15.2. The number of nitrogens with zero attached hydrogens (tertiary/aromatic N) is 3. The van der Waals surface area contributed by atoms with E-state index in [0.29, 0.717) is 12.1 Å². The summed E-state index contributed by atoms with van der Waals surface area (Å²) in [6.45, 7) is 8.17. The molecule has 1 atom stereocenters. The zero-order valence-corrected chi connectivity index (χ0v) is 15.5. The van der Waals surface area contributed by atoms with Gasteiger partial charge in [0.25, 0.3) is 5.69 Å². The normalized spacial score (nSPS) is 13.0. The number of aromatic nitrogens is 2. The van der Waals surface area contributed by atoms with Crippen molar-refractivity contribution in [3.8, 4) is 0 Å². The molecule has 1 aromatic heterocycles. The van der Waals surface area contributed by atoms with E-state index >= 15 is 0 Å². The van der Waals surface area contributed by atoms with Crippen LogP contribution in [0.5, 0.6) is 0 Å². The first-order valence-electron chi connectivity index (χ1n) is 7.86. The van der Waals surface area contributed by atoms with Crippen LogP contribution in [0.4, 0.5) is 5.69 Å². The molecule has 0 fully saturated rings. The lowest BCUT2D eigenvalue weighted by molar-refractivity contribution is -0.385. The Morgan fingerprint density at radius 3 is 2.52 bits per heavy atom. The number of nitrogens with one attached hydrogen (secondary N) is 1. The van der Waals surface area contributed by atoms with Gasteiger partial charge in [-0.3, -0.25) is 14.8 Å². The number of hydrogen-bond acceptors (Lipinski definition) is 5. The summed E-state index contributed by atoms with van der Waals surface area (Å²) in [6, 6.07) is 5.78. The fourth-order valence-corrected chi connectivity index (χ4v) is 3.97. The van der Waals surface area contributed by atoms with Gasteiger partial charge < -0.3 is 0 Å². The molecule has 2 aromatic rings. The van der Waals surface area contributed by atoms with Gasteiger partial charge in [0.05, 0.1) is 15.5 Å². The van der Waals surface area contributed by atoms with Gasteiger partial charge in [0.15, 0.2) is 0 Å². The monoisotopic (exact) mass is 366 g/mol. The van der Waals surface area contributed by atoms with Crippen LogP contribution in [0.1, 0.15) is 23.9 Å². The fourth-order valence-electron chi connectivity index (χ4n) is 2.54. The highest BCUT2D eigenvalue weighted by Crippen LogP contribution is 2.21. The molecule has 8 nitrogen and oxygen atoms in total. The Morgan fingerprint density at radius 2 is 1.96 bits per heavy atom. The third-order valence-corrected chi connectivity index (χ3v) is 5.45. The van der Waals surface area contributed by atoms with Crippen LogP contribution in [0.25, 0.3) is 0 Å². The van der Waals surface area contributed by atoms with E-state index in [4.69, 9.17) is 0 Å². The van der Waals surface area contributed by atoms with Crippen LogP contribution in [-0.2, 0) is 16.6 Å². The Morgan fingerprint density at radius 1 is 1.28 bits per heavy atom. The van der Waals surface area contributed by atoms with E-state index in [1.807, 2.05) is 31.5 Å². The number of benzene rings is 1. The summed E-state index contributed by atoms with van der Waals surface area (Å²) < 4.78 is 29.4. The van der Waals surface area contributed by atoms with E-state index in [-0.39, 0.29) is 23.0 Å². The molecular formula is C16H22N4O4S. The van der Waals surface area contributed by atoms with E-state index in [2.05, 4.69) is 9.82 Å². The summed E-state index contributed by atoms with van der Waals surface area (Å²) in [6.07, 6.45) is 0. The molecule has 2 rings (SSSR count). The van der Waals surface area contributed by atoms with Crippen molar-refractivity contribution < 1.29 is 13.3 Å². The van der Waals surface area contributed by atoms with Crippen LogP contribution in [0.15, 0.2) is 29.2 Å². The molecule has 0 saturated carbocycles. The molecule has 0 saturated heterocycles. The first kappa shape index (κ1) is 19.1. The number of nitro benzene ring substituents is 1. The van der Waals surface area contributed by atoms with E-state index in [1.165, 1.54) is 12.1 Å². The second-order valence-electron chi connectivity index (χ2n) is 6.27. The van der Waals surface area contributed by atoms with Gasteiger partial charge in [0, 0.05) is 30.9 Å². The Bertz CT molecular complexity index is 890. The molecule has 0 aliphatic heterocycles. The molecule has 136 valence electrons. The predicted molar refractivity (Wildman–Crippen MR) is 93.9 cm³/mol. The van der Waals surface area contributed by atoms with Crippen molar-refractivity contribution in [1.29, 1.82) is 0 Å². The smallest absolute Gasteiger partial charge is 0.269 e. The largest absolute Gasteiger partial charge is 0.270 e. The molecule has 1 unspecified atom stereocenters. The summed E-state index contributed by atoms with van der Waals surface area (Å²) in [7, 11) is -3.82. The lowest BCUT2D eigenvalue weighted by Crippen LogP contribution is -2.31. The van der Waals surface area contributed by atoms with Crippen LogP contribution >= 0.6 is 0 Å². The van der Waals surface area contributed by atoms with Gasteiger partial charge in [0.2, 0.25) is 10.0 Å². The molecule has 0 radical (unpaired) electrons. The third kappa shape index (κ3) is 4.64. The molecule has 0 amide bonds. The molecule has 0 aliphatic rings. The molecule has 1 N–H and O–H groups in total. The predicted octanol–water partition coefficient (Wildman–Crippen LogP) is 2.33. The molecular weight excluding hydrogens is 344 g/mol. The maximum absolute atomic E-state index is 12.5. The van der Waals surface area contributed by atoms with E-state index < -0.39 is 14.9 Å². The zero-order chi connectivity index (χ0) is 18.8. The Hall–Kier alpha value is -2.26. The van der Waals surface area contributed by atoms with Gasteiger partial charge in [-0.15, -0.1) is 0 Å². The molecule has 25 heavy (non-hydrogen) atoms. The second kappa shape index (κ2) is 7.32. The van der Waals surface area contributed by atoms with E-state index in [0.717, 1.165) is 17.5 Å². The van der Waals surface area contributed by atoms with Crippen molar-refractivity contribution in [3.63, 3.8) is 0 Å². The van der Waals surface area contributed by atoms with Crippen molar-refractivity contribution in [1.82, 2.24) is 14.5 Å². The minimum absolute atomic E-state index is 0.00628. The van der Waals surface area contributed by atoms with Gasteiger partial charge in [-0.25, -0.2) is 13.1 Å². The Labute approximate surface area is 147 Å². The number of rotatable bonds is 7. The number of nitro groups is 1. The maximum atomic E-state index is 12.5. The maximum Gasteiger partial charge on any atom is 0.270 e. The molecule has 1 heterocycles. The van der Waals surface area contributed by atoms with Crippen LogP contribution in [0.2, 0.25) is 0 Å². The standard InChI is InChI=1S/C16H22N4O4S/c1-11(10-19-14(4)7-13(3)18-19)9-17-25(23,24)16-8-15(20(21)22)6-5-12(16)2/h5-8,11,17H,9-10H2,1-4H3. The molecule has 0 spiro atoms. The molecule has 1 aromatic carbocycles. The van der Waals surface area contributed by atoms with Gasteiger partial charge >= 0.3 is 0 Å². The lowest BCUT2D eigenvalue weighted by Gasteiger charge is -2.15. The van der Waals surface area contributed by atoms with Crippen molar-refractivity contribution in [2.24, 2.45) is 5.92 Å². The lowest BCUT2D eigenvalue weighted by atomic mass is 10.2. The van der Waals surface area contributed by atoms with Gasteiger partial charge in [0.1, 0.15) is 0 Å². The molecule has 0 aliphatic carbocycles. The summed E-state index contributed by atoms with van der Waals surface area (Å²) >= 11 is 0. The van der Waals surface area contributed by atoms with E-state index in [1.54, 1.807) is 6.92 Å². The van der Waals surface area contributed by atoms with Crippen molar-refractivity contribution >= 4 is 15.7 Å². The zero-order valence-electron chi connectivity index (χ0n) is 14.7. The average Bonchev–Trinajstić information content (AvgIpc) is 2.83. The van der Waals surface area contributed by atoms with Gasteiger partial charge in [-0.2, -0.15) is 5.10 Å². The van der Waals surface area contributed by atoms with Crippen LogP contribution in [0, 0.1) is 36.8 Å². The van der Waals surface area contributed by atoms with Crippen molar-refractivity contribution in [3.05, 3.63) is 51.3 Å². The number of hydrogen-bond donors (Lipinski definition) is 1. The summed E-state index contributed by atoms with van der Waals surface area (Å²) in [5.74, 6) is 0.00628. The number of non-ortho nitro benzene ring substituents is 1. The highest BCUT2D eigenvalue weighted by molar-refractivity contribution is 7.89. The Balaban J connectivity index is 2.10. The highest BCUT2D eigenvalue weighted by atomic mass is 32.2. The van der Waals surface area contributed by atoms with Crippen LogP contribution in [-0.4, -0.2) is 29.7 Å². The van der Waals surface area contributed by atoms with Crippen molar-refractivity contribution in [2.75, 3.05) is 6.54 Å².